The van der Waals surface area contributed by atoms with Crippen LogP contribution in [-0.4, -0.2) is 24.6 Å². The number of aromatic nitrogens is 5. The Morgan fingerprint density at radius 2 is 1.91 bits per heavy atom. The highest BCUT2D eigenvalue weighted by molar-refractivity contribution is 7.26. The van der Waals surface area contributed by atoms with Gasteiger partial charge in [0.15, 0.2) is 11.5 Å². The first-order valence-electron chi connectivity index (χ1n) is 10.7. The maximum absolute atomic E-state index is 13.3. The maximum Gasteiger partial charge on any atom is 0.280 e. The first-order valence-corrected chi connectivity index (χ1v) is 11.9. The molecule has 0 saturated heterocycles. The third-order valence-corrected chi connectivity index (χ3v) is 6.93. The molecule has 0 fully saturated rings. The summed E-state index contributed by atoms with van der Waals surface area (Å²) < 4.78 is 34.7. The molecule has 0 unspecified atom stereocenters. The number of pyridine rings is 1. The van der Waals surface area contributed by atoms with Gasteiger partial charge in [-0.05, 0) is 54.4 Å². The molecule has 0 aliphatic carbocycles. The summed E-state index contributed by atoms with van der Waals surface area (Å²) in [7, 11) is 0. The lowest BCUT2D eigenvalue weighted by atomic mass is 10.1. The number of benzene rings is 2. The average Bonchev–Trinajstić information content (AvgIpc) is 3.45. The zero-order valence-electron chi connectivity index (χ0n) is 18.2. The molecular formula is C25H16ClF2N5OS. The second-order valence-electron chi connectivity index (χ2n) is 8.02. The Balaban J connectivity index is 1.38. The molecule has 0 aliphatic heterocycles. The number of nitrogens with zero attached hydrogens (tertiary/aromatic N) is 5. The molecule has 4 aromatic heterocycles. The number of thiophene rings is 1. The summed E-state index contributed by atoms with van der Waals surface area (Å²) in [5.41, 5.74) is 3.55. The minimum Gasteiger partial charge on any atom is -0.489 e. The average molecular weight is 508 g/mol. The van der Waals surface area contributed by atoms with E-state index < -0.39 is 6.43 Å². The fraction of sp³-hybridized carbons (Fsp3) is 0.120. The summed E-state index contributed by atoms with van der Waals surface area (Å²) in [6, 6.07) is 16.4. The zero-order valence-corrected chi connectivity index (χ0v) is 19.8. The molecule has 0 amide bonds. The van der Waals surface area contributed by atoms with Crippen LogP contribution in [0.15, 0.2) is 60.9 Å². The number of hydrogen-bond donors (Lipinski definition) is 0. The predicted molar refractivity (Wildman–Crippen MR) is 132 cm³/mol. The normalized spacial score (nSPS) is 11.8. The minimum absolute atomic E-state index is 0.239. The fourth-order valence-corrected chi connectivity index (χ4v) is 5.28. The molecule has 0 radical (unpaired) electrons. The third kappa shape index (κ3) is 3.96. The van der Waals surface area contributed by atoms with Gasteiger partial charge >= 0.3 is 0 Å². The van der Waals surface area contributed by atoms with Crippen molar-refractivity contribution in [3.8, 4) is 17.1 Å². The molecule has 4 heterocycles. The van der Waals surface area contributed by atoms with Crippen molar-refractivity contribution >= 4 is 49.0 Å². The van der Waals surface area contributed by atoms with Crippen molar-refractivity contribution < 1.29 is 13.5 Å². The Hall–Kier alpha value is -3.69. The summed E-state index contributed by atoms with van der Waals surface area (Å²) in [6.07, 6.45) is -1.04. The summed E-state index contributed by atoms with van der Waals surface area (Å²) in [6.45, 7) is 2.17. The number of rotatable bonds is 5. The van der Waals surface area contributed by atoms with E-state index >= 15 is 0 Å². The van der Waals surface area contributed by atoms with Gasteiger partial charge in [-0.15, -0.1) is 16.4 Å². The molecule has 6 rings (SSSR count). The van der Waals surface area contributed by atoms with Gasteiger partial charge in [0.25, 0.3) is 6.43 Å². The highest BCUT2D eigenvalue weighted by atomic mass is 35.5. The lowest BCUT2D eigenvalue weighted by Crippen LogP contribution is -1.96. The van der Waals surface area contributed by atoms with Crippen molar-refractivity contribution in [1.82, 2.24) is 24.6 Å². The van der Waals surface area contributed by atoms with Gasteiger partial charge < -0.3 is 4.74 Å². The van der Waals surface area contributed by atoms with E-state index in [-0.39, 0.29) is 5.69 Å². The highest BCUT2D eigenvalue weighted by Gasteiger charge is 2.19. The lowest BCUT2D eigenvalue weighted by Gasteiger charge is -2.07. The molecule has 0 spiro atoms. The zero-order chi connectivity index (χ0) is 24.1. The summed E-state index contributed by atoms with van der Waals surface area (Å²) in [5.74, 6) is 1.26. The second kappa shape index (κ2) is 8.51. The van der Waals surface area contributed by atoms with Crippen LogP contribution in [0.3, 0.4) is 0 Å². The van der Waals surface area contributed by atoms with E-state index in [9.17, 15) is 8.78 Å². The van der Waals surface area contributed by atoms with Crippen LogP contribution in [0, 0.1) is 6.92 Å². The first kappa shape index (κ1) is 21.8. The molecule has 2 aromatic carbocycles. The van der Waals surface area contributed by atoms with Gasteiger partial charge in [-0.25, -0.2) is 28.2 Å². The van der Waals surface area contributed by atoms with Gasteiger partial charge in [-0.2, -0.15) is 0 Å². The molecule has 0 aliphatic rings. The molecule has 35 heavy (non-hydrogen) atoms. The minimum atomic E-state index is -2.63. The molecule has 6 aromatic rings. The van der Waals surface area contributed by atoms with Gasteiger partial charge in [0.05, 0.1) is 5.52 Å². The molecule has 0 bridgehead atoms. The lowest BCUT2D eigenvalue weighted by molar-refractivity contribution is 0.146. The standard InChI is InChI=1S/C25H16ClF2N5OS/c1-13-9-18(22(27)28)30-25-19(13)20-21(35-25)24-31-23(32-33(24)12-29-20)15-4-2-3-14(10-15)11-34-17-7-5-16(26)6-8-17/h2-10,12,22H,11H2,1H3. The number of alkyl halides is 2. The van der Waals surface area contributed by atoms with Crippen LogP contribution >= 0.6 is 22.9 Å². The molecule has 0 atom stereocenters. The molecule has 0 saturated carbocycles. The van der Waals surface area contributed by atoms with E-state index in [0.29, 0.717) is 39.0 Å². The fourth-order valence-electron chi connectivity index (χ4n) is 3.97. The third-order valence-electron chi connectivity index (χ3n) is 5.61. The van der Waals surface area contributed by atoms with Crippen molar-refractivity contribution in [3.63, 3.8) is 0 Å². The van der Waals surface area contributed by atoms with E-state index in [4.69, 9.17) is 21.3 Å². The van der Waals surface area contributed by atoms with Gasteiger partial charge in [0, 0.05) is 16.0 Å². The van der Waals surface area contributed by atoms with Crippen molar-refractivity contribution in [2.45, 2.75) is 20.0 Å². The van der Waals surface area contributed by atoms with E-state index in [1.54, 1.807) is 29.9 Å². The largest absolute Gasteiger partial charge is 0.489 e. The van der Waals surface area contributed by atoms with E-state index in [0.717, 1.165) is 27.0 Å². The quantitative estimate of drug-likeness (QED) is 0.250. The number of ether oxygens (including phenoxy) is 1. The van der Waals surface area contributed by atoms with Crippen molar-refractivity contribution in [2.75, 3.05) is 0 Å². The van der Waals surface area contributed by atoms with Crippen molar-refractivity contribution in [3.05, 3.63) is 82.8 Å². The highest BCUT2D eigenvalue weighted by Crippen LogP contribution is 2.37. The van der Waals surface area contributed by atoms with Crippen LogP contribution < -0.4 is 4.74 Å². The Morgan fingerprint density at radius 1 is 1.09 bits per heavy atom. The van der Waals surface area contributed by atoms with Crippen LogP contribution in [0.25, 0.3) is 37.5 Å². The van der Waals surface area contributed by atoms with Crippen molar-refractivity contribution in [1.29, 1.82) is 0 Å². The molecule has 6 nitrogen and oxygen atoms in total. The SMILES string of the molecule is Cc1cc(C(F)F)nc2sc3c(ncn4nc(-c5cccc(COc6ccc(Cl)cc6)c5)nc34)c12. The van der Waals surface area contributed by atoms with Gasteiger partial charge in [0.1, 0.15) is 33.9 Å². The number of aryl methyl sites for hydroxylation is 1. The summed E-state index contributed by atoms with van der Waals surface area (Å²) in [5, 5.41) is 6.01. The van der Waals surface area contributed by atoms with E-state index in [1.807, 2.05) is 36.4 Å². The monoisotopic (exact) mass is 507 g/mol. The number of fused-ring (bicyclic) bond motifs is 5. The Morgan fingerprint density at radius 3 is 2.71 bits per heavy atom. The van der Waals surface area contributed by atoms with Crippen LogP contribution in [0.4, 0.5) is 8.78 Å². The van der Waals surface area contributed by atoms with Crippen molar-refractivity contribution in [2.24, 2.45) is 0 Å². The molecule has 0 N–H and O–H groups in total. The van der Waals surface area contributed by atoms with E-state index in [2.05, 4.69) is 15.1 Å². The van der Waals surface area contributed by atoms with Crippen LogP contribution in [-0.2, 0) is 6.61 Å². The Bertz CT molecular complexity index is 1720. The molecule has 10 heteroatoms. The van der Waals surface area contributed by atoms with Gasteiger partial charge in [0.2, 0.25) is 0 Å². The van der Waals surface area contributed by atoms with E-state index in [1.165, 1.54) is 17.4 Å². The maximum atomic E-state index is 13.3. The summed E-state index contributed by atoms with van der Waals surface area (Å²) >= 11 is 7.22. The topological polar surface area (TPSA) is 65.2 Å². The first-order chi connectivity index (χ1) is 17.0. The Labute approximate surface area is 206 Å². The number of hydrogen-bond acceptors (Lipinski definition) is 6. The second-order valence-corrected chi connectivity index (χ2v) is 9.45. The van der Waals surface area contributed by atoms with Crippen LogP contribution in [0.1, 0.15) is 23.2 Å². The van der Waals surface area contributed by atoms with Crippen LogP contribution in [0.5, 0.6) is 5.75 Å². The predicted octanol–water partition coefficient (Wildman–Crippen LogP) is 7.03. The summed E-state index contributed by atoms with van der Waals surface area (Å²) in [4.78, 5) is 14.0. The molecule has 174 valence electrons. The van der Waals surface area contributed by atoms with Crippen LogP contribution in [0.2, 0.25) is 5.02 Å². The number of halogens is 3. The smallest absolute Gasteiger partial charge is 0.280 e. The van der Waals surface area contributed by atoms with Gasteiger partial charge in [-0.3, -0.25) is 0 Å². The van der Waals surface area contributed by atoms with Gasteiger partial charge in [-0.1, -0.05) is 29.8 Å². The molecular weight excluding hydrogens is 492 g/mol. The Kier molecular flexibility index (Phi) is 5.31.